The number of carbonyl (C=O) groups is 4. The number of benzene rings is 2. The Kier molecular flexibility index (Phi) is 7.92. The van der Waals surface area contributed by atoms with Crippen molar-refractivity contribution in [2.24, 2.45) is 5.92 Å². The van der Waals surface area contributed by atoms with Crippen LogP contribution >= 0.6 is 0 Å². The normalized spacial score (nSPS) is 22.0. The third-order valence-electron chi connectivity index (χ3n) is 7.82. The van der Waals surface area contributed by atoms with Crippen molar-refractivity contribution in [3.05, 3.63) is 53.8 Å². The Hall–Kier alpha value is -4.80. The lowest BCUT2D eigenvalue weighted by Gasteiger charge is -2.35. The van der Waals surface area contributed by atoms with E-state index in [1.54, 1.807) is 0 Å². The summed E-state index contributed by atoms with van der Waals surface area (Å²) in [5, 5.41) is 14.7. The van der Waals surface area contributed by atoms with Crippen LogP contribution in [-0.4, -0.2) is 70.9 Å². The van der Waals surface area contributed by atoms with Crippen molar-refractivity contribution in [3.63, 3.8) is 0 Å². The second-order valence-electron chi connectivity index (χ2n) is 11.0. The number of anilines is 1. The number of rotatable bonds is 7. The Morgan fingerprint density at radius 2 is 1.91 bits per heavy atom. The maximum Gasteiger partial charge on any atom is 0.413 e. The molecule has 1 aliphatic carbocycles. The molecule has 0 bridgehead atoms. The summed E-state index contributed by atoms with van der Waals surface area (Å²) >= 11 is 0. The van der Waals surface area contributed by atoms with Crippen molar-refractivity contribution >= 4 is 29.5 Å². The number of halogens is 3. The van der Waals surface area contributed by atoms with Gasteiger partial charge in [0, 0.05) is 25.6 Å². The number of likely N-dealkylation sites (tertiary alicyclic amines) is 1. The molecule has 0 radical (unpaired) electrons. The molecule has 0 unspecified atom stereocenters. The summed E-state index contributed by atoms with van der Waals surface area (Å²) in [6.07, 6.45) is 0.732. The van der Waals surface area contributed by atoms with Gasteiger partial charge in [-0.3, -0.25) is 14.4 Å². The molecule has 2 aliphatic heterocycles. The molecule has 4 amide bonds. The molecular formula is C29H28F3N5O6. The molecule has 4 atom stereocenters. The van der Waals surface area contributed by atoms with Gasteiger partial charge in [-0.15, -0.1) is 0 Å². The van der Waals surface area contributed by atoms with Crippen molar-refractivity contribution < 1.29 is 41.8 Å². The summed E-state index contributed by atoms with van der Waals surface area (Å²) in [6, 6.07) is 4.89. The van der Waals surface area contributed by atoms with E-state index in [0.29, 0.717) is 6.07 Å². The maximum absolute atomic E-state index is 14.3. The first-order valence-electron chi connectivity index (χ1n) is 13.6. The van der Waals surface area contributed by atoms with E-state index in [9.17, 15) is 37.6 Å². The van der Waals surface area contributed by atoms with Gasteiger partial charge in [0.25, 0.3) is 5.91 Å². The van der Waals surface area contributed by atoms with Gasteiger partial charge in [-0.25, -0.2) is 18.0 Å². The van der Waals surface area contributed by atoms with Crippen LogP contribution in [0, 0.1) is 34.7 Å². The summed E-state index contributed by atoms with van der Waals surface area (Å²) in [5.74, 6) is -4.56. The molecule has 2 aromatic rings. The highest BCUT2D eigenvalue weighted by Crippen LogP contribution is 2.42. The number of ether oxygens (including phenoxy) is 2. The number of nitrogens with one attached hydrogen (secondary N) is 2. The molecule has 3 aliphatic rings. The first-order valence-corrected chi connectivity index (χ1v) is 13.6. The molecule has 2 heterocycles. The number of hydrogen-bond acceptors (Lipinski definition) is 7. The van der Waals surface area contributed by atoms with Gasteiger partial charge in [-0.1, -0.05) is 12.8 Å². The third kappa shape index (κ3) is 6.06. The highest BCUT2D eigenvalue weighted by atomic mass is 19.1. The molecule has 1 spiro atoms. The number of fused-ring (bicyclic) bond motifs is 1. The lowest BCUT2D eigenvalue weighted by Crippen LogP contribution is -2.57. The molecule has 2 aromatic carbocycles. The Balaban J connectivity index is 1.31. The minimum Gasteiger partial charge on any atom is -0.473 e. The fourth-order valence-corrected chi connectivity index (χ4v) is 5.32. The van der Waals surface area contributed by atoms with Gasteiger partial charge in [0.1, 0.15) is 41.2 Å². The van der Waals surface area contributed by atoms with Gasteiger partial charge >= 0.3 is 6.09 Å². The van der Waals surface area contributed by atoms with Gasteiger partial charge in [-0.05, 0) is 43.5 Å². The Bertz CT molecular complexity index is 1510. The first-order chi connectivity index (χ1) is 20.4. The number of nitrogens with zero attached hydrogens (tertiary/aromatic N) is 3. The molecular weight excluding hydrogens is 571 g/mol. The van der Waals surface area contributed by atoms with E-state index in [4.69, 9.17) is 9.47 Å². The first kappa shape index (κ1) is 29.7. The molecule has 2 N–H and O–H groups in total. The molecule has 0 aromatic heterocycles. The zero-order valence-electron chi connectivity index (χ0n) is 23.2. The highest BCUT2D eigenvalue weighted by Gasteiger charge is 2.57. The van der Waals surface area contributed by atoms with Gasteiger partial charge in [-0.2, -0.15) is 5.26 Å². The average molecular weight is 600 g/mol. The highest BCUT2D eigenvalue weighted by molar-refractivity contribution is 6.02. The van der Waals surface area contributed by atoms with Crippen molar-refractivity contribution in [3.8, 4) is 17.6 Å². The van der Waals surface area contributed by atoms with E-state index < -0.39 is 71.5 Å². The summed E-state index contributed by atoms with van der Waals surface area (Å²) < 4.78 is 52.2. The lowest BCUT2D eigenvalue weighted by atomic mass is 9.97. The number of nitriles is 1. The van der Waals surface area contributed by atoms with Gasteiger partial charge in [0.15, 0.2) is 11.6 Å². The van der Waals surface area contributed by atoms with E-state index in [2.05, 4.69) is 10.6 Å². The number of hydrogen-bond donors (Lipinski definition) is 2. The van der Waals surface area contributed by atoms with E-state index in [-0.39, 0.29) is 35.9 Å². The zero-order valence-corrected chi connectivity index (χ0v) is 23.2. The Morgan fingerprint density at radius 1 is 1.21 bits per heavy atom. The monoisotopic (exact) mass is 599 g/mol. The quantitative estimate of drug-likeness (QED) is 0.498. The van der Waals surface area contributed by atoms with Crippen molar-refractivity contribution in [1.29, 1.82) is 5.26 Å². The molecule has 1 saturated heterocycles. The number of carbonyl (C=O) groups excluding carboxylic acids is 4. The van der Waals surface area contributed by atoms with E-state index in [1.807, 2.05) is 6.07 Å². The Labute approximate surface area is 244 Å². The second kappa shape index (κ2) is 11.5. The van der Waals surface area contributed by atoms with Crippen molar-refractivity contribution in [1.82, 2.24) is 15.1 Å². The summed E-state index contributed by atoms with van der Waals surface area (Å²) in [5.41, 5.74) is -2.12. The predicted molar refractivity (Wildman–Crippen MR) is 143 cm³/mol. The fourth-order valence-electron chi connectivity index (χ4n) is 5.32. The van der Waals surface area contributed by atoms with Crippen LogP contribution in [-0.2, 0) is 14.4 Å². The zero-order chi connectivity index (χ0) is 31.1. The van der Waals surface area contributed by atoms with Crippen LogP contribution in [0.3, 0.4) is 0 Å². The standard InChI is InChI=1S/C29H28F3N5O6/c1-15(34-28(41)42-20-7-5-17(30)6-8-20)25(38)36(2)22(9-16-3-4-16)26(39)37-14-29(12-19(37)13-33)27(40)35-24-21(32)10-18(31)11-23(24)43-29/h5-8,10-11,15-16,19,22H,3-4,9,12,14H2,1-2H3,(H,34,41)(H,35,40)/t15-,19-,22-,29+/m0/s1. The molecule has 226 valence electrons. The predicted octanol–water partition coefficient (Wildman–Crippen LogP) is 3.10. The van der Waals surface area contributed by atoms with Crippen molar-refractivity contribution in [2.75, 3.05) is 18.9 Å². The minimum atomic E-state index is -1.78. The molecule has 2 fully saturated rings. The van der Waals surface area contributed by atoms with E-state index in [0.717, 1.165) is 35.9 Å². The second-order valence-corrected chi connectivity index (χ2v) is 11.0. The van der Waals surface area contributed by atoms with Crippen LogP contribution in [0.15, 0.2) is 36.4 Å². The molecule has 11 nitrogen and oxygen atoms in total. The van der Waals surface area contributed by atoms with Crippen LogP contribution in [0.25, 0.3) is 0 Å². The van der Waals surface area contributed by atoms with Crippen LogP contribution < -0.4 is 20.1 Å². The fraction of sp³-hybridized carbons (Fsp3) is 0.414. The smallest absolute Gasteiger partial charge is 0.413 e. The summed E-state index contributed by atoms with van der Waals surface area (Å²) in [6.45, 7) is 1.01. The minimum absolute atomic E-state index is 0.0567. The maximum atomic E-state index is 14.3. The van der Waals surface area contributed by atoms with E-state index >= 15 is 0 Å². The third-order valence-corrected chi connectivity index (χ3v) is 7.82. The summed E-state index contributed by atoms with van der Waals surface area (Å²) in [4.78, 5) is 55.1. The van der Waals surface area contributed by atoms with Gasteiger partial charge in [0.2, 0.25) is 17.4 Å². The SMILES string of the molecule is C[C@H](NC(=O)Oc1ccc(F)cc1)C(=O)N(C)[C@@H](CC1CC1)C(=O)N1C[C@@]2(C[C@H]1C#N)Oc1cc(F)cc(F)c1NC2=O. The van der Waals surface area contributed by atoms with Crippen LogP contribution in [0.1, 0.15) is 32.6 Å². The molecule has 43 heavy (non-hydrogen) atoms. The molecule has 1 saturated carbocycles. The topological polar surface area (TPSA) is 141 Å². The van der Waals surface area contributed by atoms with Crippen LogP contribution in [0.4, 0.5) is 23.7 Å². The van der Waals surface area contributed by atoms with Gasteiger partial charge in [0.05, 0.1) is 12.6 Å². The molecule has 5 rings (SSSR count). The lowest BCUT2D eigenvalue weighted by molar-refractivity contribution is -0.146. The number of likely N-dealkylation sites (N-methyl/N-ethyl adjacent to an activating group) is 1. The Morgan fingerprint density at radius 3 is 2.56 bits per heavy atom. The van der Waals surface area contributed by atoms with Crippen molar-refractivity contribution in [2.45, 2.75) is 56.3 Å². The van der Waals surface area contributed by atoms with E-state index in [1.165, 1.54) is 31.0 Å². The summed E-state index contributed by atoms with van der Waals surface area (Å²) in [7, 11) is 1.40. The molecule has 14 heteroatoms. The average Bonchev–Trinajstić information content (AvgIpc) is 3.71. The largest absolute Gasteiger partial charge is 0.473 e. The number of amides is 4. The van der Waals surface area contributed by atoms with Crippen LogP contribution in [0.2, 0.25) is 0 Å². The van der Waals surface area contributed by atoms with Crippen LogP contribution in [0.5, 0.6) is 11.5 Å². The van der Waals surface area contributed by atoms with Gasteiger partial charge < -0.3 is 29.9 Å².